The molecule has 92 valence electrons. The van der Waals surface area contributed by atoms with E-state index in [2.05, 4.69) is 0 Å². The van der Waals surface area contributed by atoms with Crippen LogP contribution in [-0.2, 0) is 4.74 Å². The number of ether oxygens (including phenoxy) is 1. The molecular weight excluding hydrogens is 221 g/mol. The van der Waals surface area contributed by atoms with Crippen LogP contribution in [0, 0.1) is 5.82 Å². The molecule has 0 aliphatic heterocycles. The molecular formula is C13H16FNO2. The molecule has 1 aromatic carbocycles. The van der Waals surface area contributed by atoms with E-state index in [0.717, 1.165) is 25.7 Å². The molecule has 0 bridgehead atoms. The first-order valence-electron chi connectivity index (χ1n) is 5.87. The summed E-state index contributed by atoms with van der Waals surface area (Å²) >= 11 is 0. The van der Waals surface area contributed by atoms with Gasteiger partial charge in [0.2, 0.25) is 0 Å². The highest BCUT2D eigenvalue weighted by atomic mass is 19.1. The second kappa shape index (κ2) is 5.17. The number of nitrogens with zero attached hydrogens (tertiary/aromatic N) is 1. The van der Waals surface area contributed by atoms with Crippen LogP contribution in [0.5, 0.6) is 0 Å². The zero-order chi connectivity index (χ0) is 12.3. The van der Waals surface area contributed by atoms with Gasteiger partial charge in [0.25, 0.3) is 0 Å². The summed E-state index contributed by atoms with van der Waals surface area (Å²) in [5.41, 5.74) is 0.246. The third-order valence-corrected chi connectivity index (χ3v) is 3.06. The van der Waals surface area contributed by atoms with Gasteiger partial charge in [-0.2, -0.15) is 0 Å². The fourth-order valence-corrected chi connectivity index (χ4v) is 2.05. The molecule has 0 aromatic heterocycles. The summed E-state index contributed by atoms with van der Waals surface area (Å²) in [7, 11) is 1.52. The van der Waals surface area contributed by atoms with Gasteiger partial charge >= 0.3 is 6.09 Å². The molecule has 0 unspecified atom stereocenters. The number of carbonyl (C=O) groups is 1. The second-order valence-electron chi connectivity index (χ2n) is 4.30. The normalized spacial score (nSPS) is 15.9. The fraction of sp³-hybridized carbons (Fsp3) is 0.462. The zero-order valence-electron chi connectivity index (χ0n) is 9.86. The lowest BCUT2D eigenvalue weighted by Gasteiger charge is -2.20. The molecule has 1 amide bonds. The highest BCUT2D eigenvalue weighted by Crippen LogP contribution is 2.23. The van der Waals surface area contributed by atoms with Crippen molar-refractivity contribution in [1.82, 2.24) is 0 Å². The molecule has 3 nitrogen and oxygen atoms in total. The van der Waals surface area contributed by atoms with Gasteiger partial charge in [0.15, 0.2) is 0 Å². The van der Waals surface area contributed by atoms with Crippen LogP contribution in [0.25, 0.3) is 0 Å². The summed E-state index contributed by atoms with van der Waals surface area (Å²) in [5.74, 6) is -0.418. The lowest BCUT2D eigenvalue weighted by atomic mass is 10.3. The Morgan fingerprint density at radius 2 is 2.00 bits per heavy atom. The van der Waals surface area contributed by atoms with E-state index >= 15 is 0 Å². The Morgan fingerprint density at radius 3 is 2.65 bits per heavy atom. The van der Waals surface area contributed by atoms with Crippen LogP contribution in [0.3, 0.4) is 0 Å². The molecule has 1 aliphatic carbocycles. The molecule has 2 rings (SSSR count). The Balaban J connectivity index is 2.01. The number of amides is 1. The van der Waals surface area contributed by atoms with Crippen LogP contribution in [0.4, 0.5) is 14.9 Å². The van der Waals surface area contributed by atoms with Gasteiger partial charge in [0, 0.05) is 7.05 Å². The summed E-state index contributed by atoms with van der Waals surface area (Å²) in [6.45, 7) is 0. The summed E-state index contributed by atoms with van der Waals surface area (Å²) in [5, 5.41) is 0. The van der Waals surface area contributed by atoms with E-state index in [1.54, 1.807) is 18.2 Å². The van der Waals surface area contributed by atoms with Crippen molar-refractivity contribution in [2.24, 2.45) is 0 Å². The van der Waals surface area contributed by atoms with E-state index in [1.807, 2.05) is 0 Å². The van der Waals surface area contributed by atoms with Gasteiger partial charge in [0.05, 0.1) is 5.69 Å². The van der Waals surface area contributed by atoms with E-state index in [4.69, 9.17) is 4.74 Å². The Labute approximate surface area is 100 Å². The van der Waals surface area contributed by atoms with Crippen molar-refractivity contribution in [3.05, 3.63) is 30.1 Å². The predicted molar refractivity (Wildman–Crippen MR) is 63.5 cm³/mol. The minimum absolute atomic E-state index is 0.00303. The highest BCUT2D eigenvalue weighted by Gasteiger charge is 2.22. The van der Waals surface area contributed by atoms with Gasteiger partial charge in [-0.25, -0.2) is 9.18 Å². The van der Waals surface area contributed by atoms with E-state index < -0.39 is 11.9 Å². The van der Waals surface area contributed by atoms with Crippen molar-refractivity contribution >= 4 is 11.8 Å². The number of benzene rings is 1. The Kier molecular flexibility index (Phi) is 3.61. The van der Waals surface area contributed by atoms with Crippen molar-refractivity contribution in [3.8, 4) is 0 Å². The Morgan fingerprint density at radius 1 is 1.35 bits per heavy atom. The number of carbonyl (C=O) groups excluding carboxylic acids is 1. The topological polar surface area (TPSA) is 29.5 Å². The average molecular weight is 237 g/mol. The first-order chi connectivity index (χ1) is 8.18. The number of anilines is 1. The quantitative estimate of drug-likeness (QED) is 0.789. The molecule has 0 spiro atoms. The molecule has 1 aliphatic rings. The lowest BCUT2D eigenvalue weighted by Crippen LogP contribution is -2.30. The van der Waals surface area contributed by atoms with Crippen LogP contribution < -0.4 is 4.90 Å². The maximum atomic E-state index is 13.5. The maximum absolute atomic E-state index is 13.5. The van der Waals surface area contributed by atoms with Crippen LogP contribution in [0.2, 0.25) is 0 Å². The summed E-state index contributed by atoms with van der Waals surface area (Å²) in [4.78, 5) is 13.0. The maximum Gasteiger partial charge on any atom is 0.414 e. The SMILES string of the molecule is CN(C(=O)OC1CCCC1)c1ccccc1F. The minimum atomic E-state index is -0.484. The second-order valence-corrected chi connectivity index (χ2v) is 4.30. The fourth-order valence-electron chi connectivity index (χ4n) is 2.05. The summed E-state index contributed by atoms with van der Waals surface area (Å²) in [6, 6.07) is 6.17. The van der Waals surface area contributed by atoms with E-state index in [-0.39, 0.29) is 11.8 Å². The summed E-state index contributed by atoms with van der Waals surface area (Å²) < 4.78 is 18.8. The van der Waals surface area contributed by atoms with E-state index in [0.29, 0.717) is 0 Å². The van der Waals surface area contributed by atoms with Crippen molar-refractivity contribution in [3.63, 3.8) is 0 Å². The van der Waals surface area contributed by atoms with Crippen LogP contribution in [0.1, 0.15) is 25.7 Å². The average Bonchev–Trinajstić information content (AvgIpc) is 2.81. The third kappa shape index (κ3) is 2.75. The van der Waals surface area contributed by atoms with Gasteiger partial charge in [-0.05, 0) is 37.8 Å². The smallest absolute Gasteiger partial charge is 0.414 e. The predicted octanol–water partition coefficient (Wildman–Crippen LogP) is 3.34. The number of hydrogen-bond acceptors (Lipinski definition) is 2. The minimum Gasteiger partial charge on any atom is -0.446 e. The van der Waals surface area contributed by atoms with Gasteiger partial charge in [0.1, 0.15) is 11.9 Å². The summed E-state index contributed by atoms with van der Waals surface area (Å²) in [6.07, 6.45) is 3.54. The first kappa shape index (κ1) is 11.9. The van der Waals surface area contributed by atoms with E-state index in [1.165, 1.54) is 18.0 Å². The molecule has 0 heterocycles. The van der Waals surface area contributed by atoms with Crippen molar-refractivity contribution in [1.29, 1.82) is 0 Å². The molecule has 0 atom stereocenters. The monoisotopic (exact) mass is 237 g/mol. The van der Waals surface area contributed by atoms with Crippen molar-refractivity contribution in [2.45, 2.75) is 31.8 Å². The molecule has 0 radical (unpaired) electrons. The van der Waals surface area contributed by atoms with Gasteiger partial charge in [-0.3, -0.25) is 4.90 Å². The number of para-hydroxylation sites is 1. The number of halogens is 1. The Hall–Kier alpha value is -1.58. The standard InChI is InChI=1S/C13H16FNO2/c1-15(12-9-5-4-8-11(12)14)13(16)17-10-6-2-3-7-10/h4-5,8-10H,2-3,6-7H2,1H3. The van der Waals surface area contributed by atoms with E-state index in [9.17, 15) is 9.18 Å². The lowest BCUT2D eigenvalue weighted by molar-refractivity contribution is 0.108. The number of hydrogen-bond donors (Lipinski definition) is 0. The first-order valence-corrected chi connectivity index (χ1v) is 5.87. The highest BCUT2D eigenvalue weighted by molar-refractivity contribution is 5.87. The largest absolute Gasteiger partial charge is 0.446 e. The number of rotatable bonds is 2. The van der Waals surface area contributed by atoms with Gasteiger partial charge in [-0.15, -0.1) is 0 Å². The van der Waals surface area contributed by atoms with Crippen molar-refractivity contribution < 1.29 is 13.9 Å². The molecule has 1 fully saturated rings. The van der Waals surface area contributed by atoms with Gasteiger partial charge in [-0.1, -0.05) is 12.1 Å². The van der Waals surface area contributed by atoms with Gasteiger partial charge < -0.3 is 4.74 Å². The third-order valence-electron chi connectivity index (χ3n) is 3.06. The van der Waals surface area contributed by atoms with Crippen LogP contribution in [-0.4, -0.2) is 19.2 Å². The molecule has 0 saturated heterocycles. The van der Waals surface area contributed by atoms with Crippen molar-refractivity contribution in [2.75, 3.05) is 11.9 Å². The molecule has 17 heavy (non-hydrogen) atoms. The van der Waals surface area contributed by atoms with Crippen LogP contribution in [0.15, 0.2) is 24.3 Å². The molecule has 0 N–H and O–H groups in total. The van der Waals surface area contributed by atoms with Crippen LogP contribution >= 0.6 is 0 Å². The molecule has 1 aromatic rings. The molecule has 1 saturated carbocycles. The zero-order valence-corrected chi connectivity index (χ0v) is 9.86. The molecule has 4 heteroatoms. The Bertz CT molecular complexity index is 402.